The third-order valence-electron chi connectivity index (χ3n) is 4.36. The number of rotatable bonds is 6. The zero-order chi connectivity index (χ0) is 14.6. The van der Waals surface area contributed by atoms with Crippen LogP contribution in [-0.2, 0) is 10.2 Å². The zero-order valence-corrected chi connectivity index (χ0v) is 14.1. The van der Waals surface area contributed by atoms with Crippen molar-refractivity contribution in [2.75, 3.05) is 26.4 Å². The summed E-state index contributed by atoms with van der Waals surface area (Å²) >= 11 is 1.85. The lowest BCUT2D eigenvalue weighted by Crippen LogP contribution is -2.53. The number of hydrogen-bond acceptors (Lipinski definition) is 4. The number of thioether (sulfide) groups is 1. The van der Waals surface area contributed by atoms with Gasteiger partial charge in [0.2, 0.25) is 0 Å². The van der Waals surface area contributed by atoms with E-state index in [1.165, 1.54) is 0 Å². The monoisotopic (exact) mass is 321 g/mol. The maximum absolute atomic E-state index is 12.6. The quantitative estimate of drug-likeness (QED) is 0.771. The second kappa shape index (κ2) is 7.45. The second-order valence-electron chi connectivity index (χ2n) is 5.81. The van der Waals surface area contributed by atoms with Gasteiger partial charge in [-0.3, -0.25) is 0 Å². The molecule has 118 valence electrons. The molecule has 2 N–H and O–H groups in total. The molecular formula is C13H27N3O2S2. The van der Waals surface area contributed by atoms with Crippen molar-refractivity contribution in [3.05, 3.63) is 0 Å². The van der Waals surface area contributed by atoms with Crippen LogP contribution in [0.4, 0.5) is 0 Å². The van der Waals surface area contributed by atoms with Gasteiger partial charge >= 0.3 is 0 Å². The molecule has 0 aromatic rings. The Morgan fingerprint density at radius 3 is 2.70 bits per heavy atom. The highest BCUT2D eigenvalue weighted by molar-refractivity contribution is 7.99. The first kappa shape index (κ1) is 16.5. The molecule has 1 saturated heterocycles. The first-order chi connectivity index (χ1) is 9.56. The van der Waals surface area contributed by atoms with Crippen molar-refractivity contribution >= 4 is 22.0 Å². The topological polar surface area (TPSA) is 61.4 Å². The van der Waals surface area contributed by atoms with Gasteiger partial charge in [0.25, 0.3) is 10.2 Å². The molecule has 3 atom stereocenters. The van der Waals surface area contributed by atoms with E-state index in [1.807, 2.05) is 18.8 Å². The Morgan fingerprint density at radius 2 is 2.05 bits per heavy atom. The fraction of sp³-hybridized carbons (Fsp3) is 1.00. The molecule has 3 unspecified atom stereocenters. The van der Waals surface area contributed by atoms with E-state index in [0.717, 1.165) is 45.1 Å². The van der Waals surface area contributed by atoms with E-state index in [-0.39, 0.29) is 12.1 Å². The van der Waals surface area contributed by atoms with Gasteiger partial charge in [-0.05, 0) is 45.4 Å². The second-order valence-corrected chi connectivity index (χ2v) is 8.60. The van der Waals surface area contributed by atoms with Crippen LogP contribution < -0.4 is 10.0 Å². The summed E-state index contributed by atoms with van der Waals surface area (Å²) in [5.41, 5.74) is 0. The van der Waals surface area contributed by atoms with Crippen molar-refractivity contribution in [2.45, 2.75) is 55.9 Å². The van der Waals surface area contributed by atoms with Gasteiger partial charge < -0.3 is 5.32 Å². The third kappa shape index (κ3) is 4.10. The highest BCUT2D eigenvalue weighted by Gasteiger charge is 2.35. The number of likely N-dealkylation sites (N-methyl/N-ethyl adjacent to an activating group) is 1. The van der Waals surface area contributed by atoms with Crippen molar-refractivity contribution < 1.29 is 8.42 Å². The highest BCUT2D eigenvalue weighted by atomic mass is 32.2. The Hall–Kier alpha value is 0.180. The molecule has 0 aromatic carbocycles. The van der Waals surface area contributed by atoms with Crippen LogP contribution in [0.3, 0.4) is 0 Å². The van der Waals surface area contributed by atoms with E-state index in [4.69, 9.17) is 0 Å². The average Bonchev–Trinajstić information content (AvgIpc) is 2.86. The molecule has 0 amide bonds. The van der Waals surface area contributed by atoms with Gasteiger partial charge in [-0.15, -0.1) is 0 Å². The molecule has 1 aliphatic carbocycles. The van der Waals surface area contributed by atoms with Gasteiger partial charge in [0.1, 0.15) is 0 Å². The van der Waals surface area contributed by atoms with Crippen molar-refractivity contribution in [3.8, 4) is 0 Å². The van der Waals surface area contributed by atoms with Crippen molar-refractivity contribution in [3.63, 3.8) is 0 Å². The number of piperidine rings is 1. The van der Waals surface area contributed by atoms with E-state index in [0.29, 0.717) is 11.8 Å². The van der Waals surface area contributed by atoms with Gasteiger partial charge in [0, 0.05) is 30.4 Å². The predicted molar refractivity (Wildman–Crippen MR) is 85.3 cm³/mol. The first-order valence-electron chi connectivity index (χ1n) is 7.53. The summed E-state index contributed by atoms with van der Waals surface area (Å²) in [6.07, 6.45) is 8.21. The average molecular weight is 322 g/mol. The number of hydrogen-bond donors (Lipinski definition) is 2. The van der Waals surface area contributed by atoms with Gasteiger partial charge in [-0.2, -0.15) is 29.2 Å². The lowest BCUT2D eigenvalue weighted by Gasteiger charge is -2.35. The molecule has 5 nitrogen and oxygen atoms in total. The Bertz CT molecular complexity index is 400. The molecule has 1 heterocycles. The van der Waals surface area contributed by atoms with Gasteiger partial charge in [-0.1, -0.05) is 6.42 Å². The summed E-state index contributed by atoms with van der Waals surface area (Å²) in [6, 6.07) is 0.221. The Balaban J connectivity index is 1.97. The number of nitrogens with one attached hydrogen (secondary N) is 2. The summed E-state index contributed by atoms with van der Waals surface area (Å²) in [6.45, 7) is 1.39. The van der Waals surface area contributed by atoms with Crippen molar-refractivity contribution in [1.82, 2.24) is 14.3 Å². The predicted octanol–water partition coefficient (Wildman–Crippen LogP) is 1.18. The summed E-state index contributed by atoms with van der Waals surface area (Å²) in [7, 11) is -1.45. The Kier molecular flexibility index (Phi) is 6.16. The number of nitrogens with zero attached hydrogens (tertiary/aromatic N) is 1. The summed E-state index contributed by atoms with van der Waals surface area (Å²) in [4.78, 5) is 0. The van der Waals surface area contributed by atoms with Crippen LogP contribution in [0.1, 0.15) is 38.5 Å². The molecule has 20 heavy (non-hydrogen) atoms. The lowest BCUT2D eigenvalue weighted by atomic mass is 10.1. The van der Waals surface area contributed by atoms with Crippen LogP contribution in [0.2, 0.25) is 0 Å². The standard InChI is InChI=1S/C13H27N3O2S2/c1-14-10-12-5-3-4-8-16(12)20(17,18)15-11-6-7-13(9-11)19-2/h11-15H,3-10H2,1-2H3. The highest BCUT2D eigenvalue weighted by Crippen LogP contribution is 2.29. The summed E-state index contributed by atoms with van der Waals surface area (Å²) in [5, 5.41) is 3.72. The molecule has 2 aliphatic rings. The van der Waals surface area contributed by atoms with Crippen LogP contribution in [-0.4, -0.2) is 56.4 Å². The molecule has 2 fully saturated rings. The van der Waals surface area contributed by atoms with Gasteiger partial charge in [-0.25, -0.2) is 0 Å². The zero-order valence-electron chi connectivity index (χ0n) is 12.5. The maximum atomic E-state index is 12.6. The molecule has 0 aromatic heterocycles. The van der Waals surface area contributed by atoms with E-state index in [2.05, 4.69) is 16.3 Å². The molecule has 0 bridgehead atoms. The third-order valence-corrected chi connectivity index (χ3v) is 7.18. The van der Waals surface area contributed by atoms with E-state index in [9.17, 15) is 8.42 Å². The summed E-state index contributed by atoms with van der Waals surface area (Å²) in [5.74, 6) is 0. The molecule has 0 radical (unpaired) electrons. The first-order valence-corrected chi connectivity index (χ1v) is 10.3. The van der Waals surface area contributed by atoms with Crippen molar-refractivity contribution in [2.24, 2.45) is 0 Å². The molecule has 7 heteroatoms. The van der Waals surface area contributed by atoms with E-state index < -0.39 is 10.2 Å². The maximum Gasteiger partial charge on any atom is 0.279 e. The molecule has 2 rings (SSSR count). The summed E-state index contributed by atoms with van der Waals surface area (Å²) < 4.78 is 29.8. The van der Waals surface area contributed by atoms with E-state index >= 15 is 0 Å². The largest absolute Gasteiger partial charge is 0.318 e. The fourth-order valence-electron chi connectivity index (χ4n) is 3.27. The van der Waals surface area contributed by atoms with Crippen LogP contribution >= 0.6 is 11.8 Å². The lowest BCUT2D eigenvalue weighted by molar-refractivity contribution is 0.244. The van der Waals surface area contributed by atoms with Crippen LogP contribution in [0, 0.1) is 0 Å². The van der Waals surface area contributed by atoms with Gasteiger partial charge in [0.15, 0.2) is 0 Å². The van der Waals surface area contributed by atoms with Crippen molar-refractivity contribution in [1.29, 1.82) is 0 Å². The minimum atomic E-state index is -3.34. The molecular weight excluding hydrogens is 294 g/mol. The Labute approximate surface area is 127 Å². The minimum absolute atomic E-state index is 0.101. The van der Waals surface area contributed by atoms with Crippen LogP contribution in [0.25, 0.3) is 0 Å². The van der Waals surface area contributed by atoms with E-state index in [1.54, 1.807) is 4.31 Å². The van der Waals surface area contributed by atoms with Gasteiger partial charge in [0.05, 0.1) is 0 Å². The normalized spacial score (nSPS) is 32.6. The molecule has 1 aliphatic heterocycles. The fourth-order valence-corrected chi connectivity index (χ4v) is 5.78. The van der Waals surface area contributed by atoms with Crippen LogP contribution in [0.5, 0.6) is 0 Å². The minimum Gasteiger partial charge on any atom is -0.318 e. The Morgan fingerprint density at radius 1 is 1.25 bits per heavy atom. The molecule has 0 spiro atoms. The smallest absolute Gasteiger partial charge is 0.279 e. The van der Waals surface area contributed by atoms with Crippen LogP contribution in [0.15, 0.2) is 0 Å². The molecule has 1 saturated carbocycles. The SMILES string of the molecule is CNCC1CCCCN1S(=O)(=O)NC1CCC(SC)C1.